The number of aromatic nitrogens is 1. The Morgan fingerprint density at radius 3 is 2.65 bits per heavy atom. The van der Waals surface area contributed by atoms with E-state index in [2.05, 4.69) is 4.98 Å². The lowest BCUT2D eigenvalue weighted by Crippen LogP contribution is -2.42. The fraction of sp³-hybridized carbons (Fsp3) is 0.389. The summed E-state index contributed by atoms with van der Waals surface area (Å²) in [5.41, 5.74) is 0.862. The van der Waals surface area contributed by atoms with Crippen LogP contribution in [0.5, 0.6) is 5.75 Å². The van der Waals surface area contributed by atoms with Crippen LogP contribution in [0.25, 0.3) is 0 Å². The summed E-state index contributed by atoms with van der Waals surface area (Å²) in [6.45, 7) is 1.19. The fourth-order valence-corrected chi connectivity index (χ4v) is 3.12. The maximum Gasteiger partial charge on any atom is 0.304 e. The molecule has 1 saturated heterocycles. The number of halogens is 2. The van der Waals surface area contributed by atoms with Crippen LogP contribution in [0.4, 0.5) is 8.78 Å². The predicted molar refractivity (Wildman–Crippen MR) is 84.6 cm³/mol. The molecule has 0 unspecified atom stereocenters. The predicted octanol–water partition coefficient (Wildman–Crippen LogP) is 3.85. The number of nitrogens with zero attached hydrogens (tertiary/aromatic N) is 2. The molecule has 0 radical (unpaired) electrons. The van der Waals surface area contributed by atoms with E-state index in [0.717, 1.165) is 17.7 Å². The molecule has 1 aliphatic rings. The Bertz CT molecular complexity index is 631. The molecule has 2 aromatic rings. The van der Waals surface area contributed by atoms with Crippen LogP contribution in [-0.2, 0) is 12.5 Å². The summed E-state index contributed by atoms with van der Waals surface area (Å²) >= 11 is 0. The molecule has 23 heavy (non-hydrogen) atoms. The Morgan fingerprint density at radius 1 is 1.22 bits per heavy atom. The molecule has 0 aliphatic carbocycles. The van der Waals surface area contributed by atoms with E-state index in [1.807, 2.05) is 29.2 Å². The summed E-state index contributed by atoms with van der Waals surface area (Å²) in [6.07, 6.45) is 2.69. The average Bonchev–Trinajstić information content (AvgIpc) is 3.05. The molecule has 5 heteroatoms. The Kier molecular flexibility index (Phi) is 4.57. The molecule has 122 valence electrons. The zero-order valence-electron chi connectivity index (χ0n) is 13.1. The normalized spacial score (nSPS) is 19.0. The van der Waals surface area contributed by atoms with Gasteiger partial charge in [0, 0.05) is 12.7 Å². The first-order valence-electron chi connectivity index (χ1n) is 7.77. The fourth-order valence-electron chi connectivity index (χ4n) is 3.12. The third-order valence-corrected chi connectivity index (χ3v) is 4.33. The number of alkyl halides is 2. The van der Waals surface area contributed by atoms with E-state index in [-0.39, 0.29) is 5.69 Å². The minimum absolute atomic E-state index is 0.147. The highest BCUT2D eigenvalue weighted by Crippen LogP contribution is 2.39. The summed E-state index contributed by atoms with van der Waals surface area (Å²) in [4.78, 5) is 5.72. The van der Waals surface area contributed by atoms with Gasteiger partial charge in [0.25, 0.3) is 0 Å². The van der Waals surface area contributed by atoms with Gasteiger partial charge in [0.2, 0.25) is 0 Å². The lowest BCUT2D eigenvalue weighted by Gasteiger charge is -2.31. The van der Waals surface area contributed by atoms with Gasteiger partial charge >= 0.3 is 5.92 Å². The first-order valence-corrected chi connectivity index (χ1v) is 7.77. The van der Waals surface area contributed by atoms with Gasteiger partial charge in [0.15, 0.2) is 0 Å². The molecule has 0 spiro atoms. The second-order valence-electron chi connectivity index (χ2n) is 5.81. The molecule has 0 amide bonds. The summed E-state index contributed by atoms with van der Waals surface area (Å²) in [5.74, 6) is -2.17. The Hall–Kier alpha value is -2.01. The van der Waals surface area contributed by atoms with Crippen molar-refractivity contribution in [2.45, 2.75) is 31.4 Å². The zero-order chi connectivity index (χ0) is 16.3. The summed E-state index contributed by atoms with van der Waals surface area (Å²) in [7, 11) is 1.61. The van der Waals surface area contributed by atoms with E-state index in [4.69, 9.17) is 4.74 Å². The number of pyridine rings is 1. The number of likely N-dealkylation sites (tertiary alicyclic amines) is 1. The van der Waals surface area contributed by atoms with Crippen molar-refractivity contribution in [2.75, 3.05) is 13.7 Å². The topological polar surface area (TPSA) is 25.4 Å². The summed E-state index contributed by atoms with van der Waals surface area (Å²) in [5, 5.41) is 0. The van der Waals surface area contributed by atoms with Crippen molar-refractivity contribution in [3.05, 3.63) is 59.9 Å². The van der Waals surface area contributed by atoms with Crippen molar-refractivity contribution in [2.24, 2.45) is 0 Å². The number of rotatable bonds is 5. The van der Waals surface area contributed by atoms with Crippen LogP contribution >= 0.6 is 0 Å². The standard InChI is InChI=1S/C18H20F2N2O/c1-23-15-9-7-14(8-10-15)13-22-12-4-6-17(22)18(19,20)16-5-2-3-11-21-16/h2-3,5,7-11,17H,4,6,12-13H2,1H3/t17-/m1/s1. The monoisotopic (exact) mass is 318 g/mol. The van der Waals surface area contributed by atoms with Gasteiger partial charge in [-0.05, 0) is 49.2 Å². The SMILES string of the molecule is COc1ccc(CN2CCC[C@@H]2C(F)(F)c2ccccn2)cc1. The largest absolute Gasteiger partial charge is 0.497 e. The second kappa shape index (κ2) is 6.62. The average molecular weight is 318 g/mol. The van der Waals surface area contributed by atoms with E-state index < -0.39 is 12.0 Å². The zero-order valence-corrected chi connectivity index (χ0v) is 13.1. The van der Waals surface area contributed by atoms with Crippen LogP contribution in [0.3, 0.4) is 0 Å². The van der Waals surface area contributed by atoms with Crippen molar-refractivity contribution in [3.8, 4) is 5.75 Å². The Labute approximate surface area is 134 Å². The number of hydrogen-bond donors (Lipinski definition) is 0. The minimum atomic E-state index is -2.94. The molecule has 0 N–H and O–H groups in total. The van der Waals surface area contributed by atoms with Crippen LogP contribution in [0, 0.1) is 0 Å². The number of ether oxygens (including phenoxy) is 1. The first-order chi connectivity index (χ1) is 11.1. The van der Waals surface area contributed by atoms with Crippen molar-refractivity contribution in [1.29, 1.82) is 0 Å². The smallest absolute Gasteiger partial charge is 0.304 e. The Morgan fingerprint density at radius 2 is 2.00 bits per heavy atom. The highest BCUT2D eigenvalue weighted by atomic mass is 19.3. The molecule has 2 heterocycles. The van der Waals surface area contributed by atoms with Crippen LogP contribution in [0.15, 0.2) is 48.7 Å². The van der Waals surface area contributed by atoms with Crippen molar-refractivity contribution < 1.29 is 13.5 Å². The quantitative estimate of drug-likeness (QED) is 0.837. The number of methoxy groups -OCH3 is 1. The minimum Gasteiger partial charge on any atom is -0.497 e. The van der Waals surface area contributed by atoms with Gasteiger partial charge in [-0.1, -0.05) is 18.2 Å². The second-order valence-corrected chi connectivity index (χ2v) is 5.81. The molecular weight excluding hydrogens is 298 g/mol. The number of benzene rings is 1. The van der Waals surface area contributed by atoms with Crippen molar-refractivity contribution in [1.82, 2.24) is 9.88 Å². The third-order valence-electron chi connectivity index (χ3n) is 4.33. The Balaban J connectivity index is 1.77. The van der Waals surface area contributed by atoms with E-state index in [1.165, 1.54) is 12.3 Å². The maximum absolute atomic E-state index is 14.8. The van der Waals surface area contributed by atoms with Crippen LogP contribution in [0.2, 0.25) is 0 Å². The van der Waals surface area contributed by atoms with Gasteiger partial charge in [0.05, 0.1) is 13.2 Å². The van der Waals surface area contributed by atoms with Crippen LogP contribution in [-0.4, -0.2) is 29.6 Å². The highest BCUT2D eigenvalue weighted by Gasteiger charge is 2.47. The van der Waals surface area contributed by atoms with E-state index in [1.54, 1.807) is 19.2 Å². The molecule has 0 bridgehead atoms. The van der Waals surface area contributed by atoms with E-state index in [9.17, 15) is 8.78 Å². The maximum atomic E-state index is 14.8. The molecule has 3 rings (SSSR count). The van der Waals surface area contributed by atoms with Gasteiger partial charge in [-0.25, -0.2) is 0 Å². The van der Waals surface area contributed by atoms with Gasteiger partial charge in [0.1, 0.15) is 11.4 Å². The molecule has 1 fully saturated rings. The van der Waals surface area contributed by atoms with Crippen molar-refractivity contribution >= 4 is 0 Å². The molecule has 1 atom stereocenters. The molecule has 3 nitrogen and oxygen atoms in total. The molecule has 0 saturated carbocycles. The number of hydrogen-bond acceptors (Lipinski definition) is 3. The van der Waals surface area contributed by atoms with E-state index in [0.29, 0.717) is 19.5 Å². The van der Waals surface area contributed by atoms with Gasteiger partial charge in [-0.3, -0.25) is 9.88 Å². The van der Waals surface area contributed by atoms with Gasteiger partial charge in [-0.2, -0.15) is 8.78 Å². The van der Waals surface area contributed by atoms with Crippen molar-refractivity contribution in [3.63, 3.8) is 0 Å². The molecular formula is C18H20F2N2O. The first kappa shape index (κ1) is 15.9. The highest BCUT2D eigenvalue weighted by molar-refractivity contribution is 5.27. The summed E-state index contributed by atoms with van der Waals surface area (Å²) < 4.78 is 34.7. The molecule has 1 aromatic carbocycles. The molecule has 1 aliphatic heterocycles. The van der Waals surface area contributed by atoms with Gasteiger partial charge < -0.3 is 4.74 Å². The third kappa shape index (κ3) is 3.34. The van der Waals surface area contributed by atoms with Gasteiger partial charge in [-0.15, -0.1) is 0 Å². The lowest BCUT2D eigenvalue weighted by molar-refractivity contribution is -0.0810. The summed E-state index contributed by atoms with van der Waals surface area (Å²) in [6, 6.07) is 11.4. The van der Waals surface area contributed by atoms with Crippen LogP contribution in [0.1, 0.15) is 24.1 Å². The lowest BCUT2D eigenvalue weighted by atomic mass is 10.0. The van der Waals surface area contributed by atoms with E-state index >= 15 is 0 Å². The van der Waals surface area contributed by atoms with Crippen LogP contribution < -0.4 is 4.74 Å². The molecule has 1 aromatic heterocycles.